The van der Waals surface area contributed by atoms with Gasteiger partial charge < -0.3 is 14.8 Å². The van der Waals surface area contributed by atoms with Crippen LogP contribution in [0.15, 0.2) is 48.5 Å². The highest BCUT2D eigenvalue weighted by molar-refractivity contribution is 7.99. The lowest BCUT2D eigenvalue weighted by Gasteiger charge is -2.09. The third kappa shape index (κ3) is 2.93. The second-order valence-corrected chi connectivity index (χ2v) is 6.25. The molecule has 3 aromatic rings. The van der Waals surface area contributed by atoms with Crippen molar-refractivity contribution in [2.75, 3.05) is 18.1 Å². The van der Waals surface area contributed by atoms with Crippen LogP contribution in [0.2, 0.25) is 0 Å². The molecule has 1 unspecified atom stereocenters. The number of para-hydroxylation sites is 2. The summed E-state index contributed by atoms with van der Waals surface area (Å²) in [7, 11) is 0. The van der Waals surface area contributed by atoms with Crippen molar-refractivity contribution in [2.45, 2.75) is 12.6 Å². The Morgan fingerprint density at radius 2 is 1.52 bits per heavy atom. The molecule has 0 radical (unpaired) electrons. The summed E-state index contributed by atoms with van der Waals surface area (Å²) in [6.45, 7) is 0.735. The SMILES string of the molecule is OCC(O)CSCCn1c2ccccc2c2ccccc21. The third-order valence-corrected chi connectivity index (χ3v) is 4.75. The van der Waals surface area contributed by atoms with Gasteiger partial charge in [0.1, 0.15) is 0 Å². The van der Waals surface area contributed by atoms with E-state index in [1.54, 1.807) is 11.8 Å². The van der Waals surface area contributed by atoms with E-state index in [1.807, 2.05) is 0 Å². The molecular formula is C17H19NO2S. The molecule has 0 aliphatic rings. The molecule has 0 amide bonds. The van der Waals surface area contributed by atoms with Crippen LogP contribution >= 0.6 is 11.8 Å². The first-order chi connectivity index (χ1) is 10.3. The zero-order valence-electron chi connectivity index (χ0n) is 11.8. The fraction of sp³-hybridized carbons (Fsp3) is 0.294. The van der Waals surface area contributed by atoms with Crippen LogP contribution in [0.3, 0.4) is 0 Å². The largest absolute Gasteiger partial charge is 0.394 e. The summed E-state index contributed by atoms with van der Waals surface area (Å²) >= 11 is 1.67. The Balaban J connectivity index is 1.86. The highest BCUT2D eigenvalue weighted by Gasteiger charge is 2.09. The number of hydrogen-bond donors (Lipinski definition) is 2. The highest BCUT2D eigenvalue weighted by atomic mass is 32.2. The normalized spacial score (nSPS) is 13.0. The van der Waals surface area contributed by atoms with E-state index < -0.39 is 6.10 Å². The number of rotatable bonds is 6. The quantitative estimate of drug-likeness (QED) is 0.688. The Morgan fingerprint density at radius 3 is 2.10 bits per heavy atom. The van der Waals surface area contributed by atoms with Gasteiger partial charge in [-0.2, -0.15) is 11.8 Å². The zero-order valence-corrected chi connectivity index (χ0v) is 12.6. The maximum Gasteiger partial charge on any atom is 0.0861 e. The standard InChI is InChI=1S/C17H19NO2S/c19-11-13(20)12-21-10-9-18-16-7-3-1-5-14(16)15-6-2-4-8-17(15)18/h1-8,13,19-20H,9-12H2. The molecule has 0 bridgehead atoms. The number of thioether (sulfide) groups is 1. The number of aliphatic hydroxyl groups excluding tert-OH is 2. The molecule has 0 spiro atoms. The molecule has 1 heterocycles. The fourth-order valence-electron chi connectivity index (χ4n) is 2.67. The van der Waals surface area contributed by atoms with Gasteiger partial charge in [-0.15, -0.1) is 0 Å². The van der Waals surface area contributed by atoms with E-state index in [4.69, 9.17) is 5.11 Å². The van der Waals surface area contributed by atoms with Crippen molar-refractivity contribution in [3.63, 3.8) is 0 Å². The number of aryl methyl sites for hydroxylation is 1. The van der Waals surface area contributed by atoms with E-state index in [0.717, 1.165) is 12.3 Å². The summed E-state index contributed by atoms with van der Waals surface area (Å²) in [5, 5.41) is 20.8. The lowest BCUT2D eigenvalue weighted by atomic mass is 10.2. The lowest BCUT2D eigenvalue weighted by molar-refractivity contribution is 0.113. The van der Waals surface area contributed by atoms with Gasteiger partial charge in [0.2, 0.25) is 0 Å². The minimum absolute atomic E-state index is 0.164. The Kier molecular flexibility index (Phi) is 4.48. The van der Waals surface area contributed by atoms with Crippen LogP contribution in [0.25, 0.3) is 21.8 Å². The topological polar surface area (TPSA) is 45.4 Å². The molecule has 0 aliphatic carbocycles. The van der Waals surface area contributed by atoms with Crippen LogP contribution in [-0.4, -0.2) is 39.0 Å². The summed E-state index contributed by atoms with van der Waals surface area (Å²) in [6, 6.07) is 16.9. The molecule has 3 rings (SSSR count). The van der Waals surface area contributed by atoms with Gasteiger partial charge >= 0.3 is 0 Å². The van der Waals surface area contributed by atoms with Gasteiger partial charge in [-0.25, -0.2) is 0 Å². The second-order valence-electron chi connectivity index (χ2n) is 5.10. The minimum atomic E-state index is -0.617. The summed E-state index contributed by atoms with van der Waals surface area (Å²) in [4.78, 5) is 0. The molecule has 0 aliphatic heterocycles. The lowest BCUT2D eigenvalue weighted by Crippen LogP contribution is -2.15. The molecule has 110 valence electrons. The Bertz CT molecular complexity index is 685. The van der Waals surface area contributed by atoms with Crippen LogP contribution in [0, 0.1) is 0 Å². The smallest absolute Gasteiger partial charge is 0.0861 e. The third-order valence-electron chi connectivity index (χ3n) is 3.66. The van der Waals surface area contributed by atoms with Crippen LogP contribution in [0.1, 0.15) is 0 Å². The van der Waals surface area contributed by atoms with Crippen molar-refractivity contribution in [3.8, 4) is 0 Å². The molecule has 0 saturated heterocycles. The Morgan fingerprint density at radius 1 is 0.952 bits per heavy atom. The monoisotopic (exact) mass is 301 g/mol. The first-order valence-electron chi connectivity index (χ1n) is 7.14. The zero-order chi connectivity index (χ0) is 14.7. The van der Waals surface area contributed by atoms with E-state index in [2.05, 4.69) is 53.1 Å². The van der Waals surface area contributed by atoms with E-state index in [0.29, 0.717) is 5.75 Å². The van der Waals surface area contributed by atoms with Gasteiger partial charge in [0.15, 0.2) is 0 Å². The van der Waals surface area contributed by atoms with Crippen molar-refractivity contribution >= 4 is 33.6 Å². The van der Waals surface area contributed by atoms with Gasteiger partial charge in [0.25, 0.3) is 0 Å². The number of aliphatic hydroxyl groups is 2. The molecule has 2 aromatic carbocycles. The molecule has 21 heavy (non-hydrogen) atoms. The number of benzene rings is 2. The average molecular weight is 301 g/mol. The number of aromatic nitrogens is 1. The molecule has 1 atom stereocenters. The molecule has 0 saturated carbocycles. The summed E-state index contributed by atoms with van der Waals surface area (Å²) in [5.74, 6) is 1.49. The van der Waals surface area contributed by atoms with Crippen molar-refractivity contribution < 1.29 is 10.2 Å². The molecule has 3 nitrogen and oxygen atoms in total. The second kappa shape index (κ2) is 6.52. The van der Waals surface area contributed by atoms with Gasteiger partial charge in [-0.05, 0) is 12.1 Å². The van der Waals surface area contributed by atoms with Crippen LogP contribution < -0.4 is 0 Å². The van der Waals surface area contributed by atoms with Crippen molar-refractivity contribution in [3.05, 3.63) is 48.5 Å². The predicted molar refractivity (Wildman–Crippen MR) is 89.9 cm³/mol. The predicted octanol–water partition coefficient (Wildman–Crippen LogP) is 2.88. The van der Waals surface area contributed by atoms with E-state index in [9.17, 15) is 5.11 Å². The first kappa shape index (κ1) is 14.4. The maximum atomic E-state index is 9.38. The van der Waals surface area contributed by atoms with Crippen molar-refractivity contribution in [1.82, 2.24) is 4.57 Å². The van der Waals surface area contributed by atoms with Gasteiger partial charge in [-0.3, -0.25) is 0 Å². The first-order valence-corrected chi connectivity index (χ1v) is 8.29. The van der Waals surface area contributed by atoms with Gasteiger partial charge in [0.05, 0.1) is 12.7 Å². The molecule has 0 fully saturated rings. The van der Waals surface area contributed by atoms with Gasteiger partial charge in [-0.1, -0.05) is 36.4 Å². The van der Waals surface area contributed by atoms with E-state index in [-0.39, 0.29) is 6.61 Å². The summed E-state index contributed by atoms with van der Waals surface area (Å²) in [5.41, 5.74) is 2.50. The Labute approximate surface area is 128 Å². The molecular weight excluding hydrogens is 282 g/mol. The van der Waals surface area contributed by atoms with Gasteiger partial charge in [0, 0.05) is 39.9 Å². The molecule has 1 aromatic heterocycles. The summed E-state index contributed by atoms with van der Waals surface area (Å²) < 4.78 is 2.34. The Hall–Kier alpha value is -1.49. The summed E-state index contributed by atoms with van der Waals surface area (Å²) in [6.07, 6.45) is -0.617. The molecule has 2 N–H and O–H groups in total. The highest BCUT2D eigenvalue weighted by Crippen LogP contribution is 2.28. The fourth-order valence-corrected chi connectivity index (χ4v) is 3.53. The van der Waals surface area contributed by atoms with Crippen LogP contribution in [-0.2, 0) is 6.54 Å². The maximum absolute atomic E-state index is 9.38. The number of hydrogen-bond acceptors (Lipinski definition) is 3. The van der Waals surface area contributed by atoms with E-state index >= 15 is 0 Å². The van der Waals surface area contributed by atoms with Crippen LogP contribution in [0.5, 0.6) is 0 Å². The van der Waals surface area contributed by atoms with Crippen molar-refractivity contribution in [2.24, 2.45) is 0 Å². The number of fused-ring (bicyclic) bond motifs is 3. The average Bonchev–Trinajstić information content (AvgIpc) is 2.86. The van der Waals surface area contributed by atoms with Crippen molar-refractivity contribution in [1.29, 1.82) is 0 Å². The van der Waals surface area contributed by atoms with E-state index in [1.165, 1.54) is 21.8 Å². The minimum Gasteiger partial charge on any atom is -0.394 e. The van der Waals surface area contributed by atoms with Crippen LogP contribution in [0.4, 0.5) is 0 Å². The molecule has 4 heteroatoms. The number of nitrogens with zero attached hydrogens (tertiary/aromatic N) is 1.